The maximum absolute atomic E-state index is 6.09. The number of hydrogen-bond donors (Lipinski definition) is 1. The van der Waals surface area contributed by atoms with Gasteiger partial charge in [-0.05, 0) is 65.6 Å². The smallest absolute Gasteiger partial charge is 0.0710 e. The highest BCUT2D eigenvalue weighted by molar-refractivity contribution is 4.84. The summed E-state index contributed by atoms with van der Waals surface area (Å²) in [4.78, 5) is 2.59. The van der Waals surface area contributed by atoms with Crippen LogP contribution in [0.4, 0.5) is 0 Å². The highest BCUT2D eigenvalue weighted by atomic mass is 16.5. The van der Waals surface area contributed by atoms with E-state index in [1.807, 2.05) is 0 Å². The first-order chi connectivity index (χ1) is 8.59. The van der Waals surface area contributed by atoms with Crippen molar-refractivity contribution in [1.29, 1.82) is 0 Å². The van der Waals surface area contributed by atoms with Gasteiger partial charge in [-0.15, -0.1) is 0 Å². The van der Waals surface area contributed by atoms with Gasteiger partial charge in [-0.2, -0.15) is 0 Å². The van der Waals surface area contributed by atoms with Crippen molar-refractivity contribution in [3.05, 3.63) is 0 Å². The molecule has 0 aromatic heterocycles. The van der Waals surface area contributed by atoms with Crippen LogP contribution in [0.2, 0.25) is 0 Å². The molecule has 1 unspecified atom stereocenters. The molecule has 0 bridgehead atoms. The predicted molar refractivity (Wildman–Crippen MR) is 75.9 cm³/mol. The lowest BCUT2D eigenvalue weighted by Gasteiger charge is -2.34. The summed E-state index contributed by atoms with van der Waals surface area (Å²) >= 11 is 0. The van der Waals surface area contributed by atoms with E-state index in [-0.39, 0.29) is 5.60 Å². The van der Waals surface area contributed by atoms with Crippen molar-refractivity contribution >= 4 is 0 Å². The third-order valence-corrected chi connectivity index (χ3v) is 4.29. The van der Waals surface area contributed by atoms with Crippen LogP contribution in [0.5, 0.6) is 0 Å². The second-order valence-corrected chi connectivity index (χ2v) is 6.57. The maximum Gasteiger partial charge on any atom is 0.0710 e. The quantitative estimate of drug-likeness (QED) is 0.815. The van der Waals surface area contributed by atoms with Crippen molar-refractivity contribution in [2.75, 3.05) is 26.2 Å². The van der Waals surface area contributed by atoms with Crippen LogP contribution in [-0.4, -0.2) is 48.8 Å². The number of likely N-dealkylation sites (tertiary alicyclic amines) is 1. The molecule has 2 saturated heterocycles. The van der Waals surface area contributed by atoms with E-state index >= 15 is 0 Å². The Kier molecular flexibility index (Phi) is 5.05. The second kappa shape index (κ2) is 6.36. The van der Waals surface area contributed by atoms with Gasteiger partial charge in [-0.25, -0.2) is 0 Å². The first-order valence-electron chi connectivity index (χ1n) is 7.72. The molecule has 1 atom stereocenters. The minimum Gasteiger partial charge on any atom is -0.371 e. The lowest BCUT2D eigenvalue weighted by Crippen LogP contribution is -2.45. The SMILES string of the molecule is CCCNC1CCN(CC2CCC(C)(C)O2)CC1. The molecule has 0 aromatic rings. The molecule has 0 saturated carbocycles. The molecule has 106 valence electrons. The zero-order valence-electron chi connectivity index (χ0n) is 12.4. The Morgan fingerprint density at radius 3 is 2.50 bits per heavy atom. The molecule has 0 radical (unpaired) electrons. The van der Waals surface area contributed by atoms with Gasteiger partial charge in [0, 0.05) is 12.6 Å². The molecule has 2 aliphatic rings. The zero-order chi connectivity index (χ0) is 13.0. The molecule has 1 N–H and O–H groups in total. The van der Waals surface area contributed by atoms with Gasteiger partial charge in [0.25, 0.3) is 0 Å². The molecular weight excluding hydrogens is 224 g/mol. The van der Waals surface area contributed by atoms with Crippen molar-refractivity contribution in [2.24, 2.45) is 0 Å². The lowest BCUT2D eigenvalue weighted by molar-refractivity contribution is -0.0312. The van der Waals surface area contributed by atoms with Crippen LogP contribution in [0.25, 0.3) is 0 Å². The van der Waals surface area contributed by atoms with Gasteiger partial charge in [0.05, 0.1) is 11.7 Å². The molecule has 0 spiro atoms. The summed E-state index contributed by atoms with van der Waals surface area (Å²) in [5.41, 5.74) is 0.117. The topological polar surface area (TPSA) is 24.5 Å². The molecule has 2 heterocycles. The fraction of sp³-hybridized carbons (Fsp3) is 1.00. The summed E-state index contributed by atoms with van der Waals surface area (Å²) in [7, 11) is 0. The standard InChI is InChI=1S/C15H30N2O/c1-4-9-16-13-6-10-17(11-7-13)12-14-5-8-15(2,3)18-14/h13-14,16H,4-12H2,1-3H3. The highest BCUT2D eigenvalue weighted by Crippen LogP contribution is 2.30. The van der Waals surface area contributed by atoms with Crippen LogP contribution < -0.4 is 5.32 Å². The van der Waals surface area contributed by atoms with Gasteiger partial charge < -0.3 is 15.0 Å². The van der Waals surface area contributed by atoms with Gasteiger partial charge in [0.15, 0.2) is 0 Å². The van der Waals surface area contributed by atoms with Gasteiger partial charge >= 0.3 is 0 Å². The van der Waals surface area contributed by atoms with Crippen LogP contribution >= 0.6 is 0 Å². The third kappa shape index (κ3) is 4.22. The lowest BCUT2D eigenvalue weighted by atomic mass is 10.0. The molecule has 2 rings (SSSR count). The summed E-state index contributed by atoms with van der Waals surface area (Å²) < 4.78 is 6.09. The molecule has 0 amide bonds. The molecule has 2 fully saturated rings. The molecule has 2 aliphatic heterocycles. The van der Waals surface area contributed by atoms with E-state index in [4.69, 9.17) is 4.74 Å². The first-order valence-corrected chi connectivity index (χ1v) is 7.72. The Morgan fingerprint density at radius 2 is 1.94 bits per heavy atom. The molecule has 0 aliphatic carbocycles. The molecule has 3 heteroatoms. The number of piperidine rings is 1. The molecular formula is C15H30N2O. The Hall–Kier alpha value is -0.120. The minimum atomic E-state index is 0.117. The highest BCUT2D eigenvalue weighted by Gasteiger charge is 2.33. The monoisotopic (exact) mass is 254 g/mol. The van der Waals surface area contributed by atoms with Crippen molar-refractivity contribution in [1.82, 2.24) is 10.2 Å². The Balaban J connectivity index is 1.65. The van der Waals surface area contributed by atoms with Gasteiger partial charge in [0.2, 0.25) is 0 Å². The largest absolute Gasteiger partial charge is 0.371 e. The zero-order valence-corrected chi connectivity index (χ0v) is 12.4. The first kappa shape index (κ1) is 14.3. The van der Waals surface area contributed by atoms with Crippen molar-refractivity contribution in [3.8, 4) is 0 Å². The summed E-state index contributed by atoms with van der Waals surface area (Å²) in [6.45, 7) is 11.5. The number of rotatable bonds is 5. The Bertz CT molecular complexity index is 247. The second-order valence-electron chi connectivity index (χ2n) is 6.57. The van der Waals surface area contributed by atoms with E-state index in [0.29, 0.717) is 6.10 Å². The van der Waals surface area contributed by atoms with Crippen LogP contribution in [0.15, 0.2) is 0 Å². The number of ether oxygens (including phenoxy) is 1. The summed E-state index contributed by atoms with van der Waals surface area (Å²) in [6, 6.07) is 0.752. The molecule has 18 heavy (non-hydrogen) atoms. The summed E-state index contributed by atoms with van der Waals surface area (Å²) in [5.74, 6) is 0. The summed E-state index contributed by atoms with van der Waals surface area (Å²) in [5, 5.41) is 3.64. The Morgan fingerprint density at radius 1 is 1.22 bits per heavy atom. The van der Waals surface area contributed by atoms with Crippen molar-refractivity contribution in [2.45, 2.75) is 70.6 Å². The van der Waals surface area contributed by atoms with Crippen LogP contribution in [0.3, 0.4) is 0 Å². The summed E-state index contributed by atoms with van der Waals surface area (Å²) in [6.07, 6.45) is 6.77. The van der Waals surface area contributed by atoms with Crippen molar-refractivity contribution in [3.63, 3.8) is 0 Å². The fourth-order valence-corrected chi connectivity index (χ4v) is 3.16. The van der Waals surface area contributed by atoms with E-state index < -0.39 is 0 Å². The molecule has 0 aromatic carbocycles. The average molecular weight is 254 g/mol. The van der Waals surface area contributed by atoms with Crippen molar-refractivity contribution < 1.29 is 4.74 Å². The van der Waals surface area contributed by atoms with Crippen LogP contribution in [0, 0.1) is 0 Å². The number of nitrogens with zero attached hydrogens (tertiary/aromatic N) is 1. The van der Waals surface area contributed by atoms with Gasteiger partial charge in [-0.3, -0.25) is 0 Å². The fourth-order valence-electron chi connectivity index (χ4n) is 3.16. The molecule has 3 nitrogen and oxygen atoms in total. The van der Waals surface area contributed by atoms with Crippen LogP contribution in [0.1, 0.15) is 52.9 Å². The normalized spacial score (nSPS) is 29.8. The van der Waals surface area contributed by atoms with Crippen LogP contribution in [-0.2, 0) is 4.74 Å². The van der Waals surface area contributed by atoms with Gasteiger partial charge in [0.1, 0.15) is 0 Å². The van der Waals surface area contributed by atoms with Gasteiger partial charge in [-0.1, -0.05) is 6.92 Å². The van der Waals surface area contributed by atoms with E-state index in [2.05, 4.69) is 31.0 Å². The Labute approximate surface area is 112 Å². The van der Waals surface area contributed by atoms with E-state index in [1.54, 1.807) is 0 Å². The van der Waals surface area contributed by atoms with E-state index in [0.717, 1.165) is 12.6 Å². The number of hydrogen-bond acceptors (Lipinski definition) is 3. The number of nitrogens with one attached hydrogen (secondary N) is 1. The minimum absolute atomic E-state index is 0.117. The predicted octanol–water partition coefficient (Wildman–Crippen LogP) is 2.41. The maximum atomic E-state index is 6.09. The third-order valence-electron chi connectivity index (χ3n) is 4.29. The average Bonchev–Trinajstić information content (AvgIpc) is 2.68. The van der Waals surface area contributed by atoms with E-state index in [9.17, 15) is 0 Å². The van der Waals surface area contributed by atoms with E-state index in [1.165, 1.54) is 51.7 Å².